The Morgan fingerprint density at radius 3 is 1.91 bits per heavy atom. The third-order valence-corrected chi connectivity index (χ3v) is 11.6. The maximum Gasteiger partial charge on any atom is 0.136 e. The third kappa shape index (κ3) is 6.17. The predicted molar refractivity (Wildman–Crippen MR) is 231 cm³/mol. The van der Waals surface area contributed by atoms with Gasteiger partial charge in [0.1, 0.15) is 17.0 Å². The van der Waals surface area contributed by atoms with Crippen molar-refractivity contribution in [1.29, 1.82) is 0 Å². The summed E-state index contributed by atoms with van der Waals surface area (Å²) < 4.78 is 6.61. The Morgan fingerprint density at radius 1 is 0.455 bits per heavy atom. The molecule has 0 atom stereocenters. The van der Waals surface area contributed by atoms with Crippen molar-refractivity contribution in [3.8, 4) is 33.4 Å². The van der Waals surface area contributed by atoms with Crippen molar-refractivity contribution >= 4 is 50.6 Å². The number of hydrogen-bond acceptors (Lipinski definition) is 4. The zero-order valence-corrected chi connectivity index (χ0v) is 31.0. The maximum absolute atomic E-state index is 6.61. The first-order valence-electron chi connectivity index (χ1n) is 18.6. The van der Waals surface area contributed by atoms with E-state index in [0.717, 1.165) is 71.9 Å². The average molecular weight is 725 g/mol. The van der Waals surface area contributed by atoms with Gasteiger partial charge in [-0.3, -0.25) is 0 Å². The fourth-order valence-corrected chi connectivity index (χ4v) is 8.86. The molecule has 2 heterocycles. The Morgan fingerprint density at radius 2 is 1.11 bits per heavy atom. The molecule has 0 unspecified atom stereocenters. The van der Waals surface area contributed by atoms with Crippen LogP contribution in [0.15, 0.2) is 208 Å². The van der Waals surface area contributed by atoms with Crippen LogP contribution in [0.2, 0.25) is 0 Å². The summed E-state index contributed by atoms with van der Waals surface area (Å²) in [6.45, 7) is 2.18. The monoisotopic (exact) mass is 724 g/mol. The number of nitrogens with one attached hydrogen (secondary N) is 2. The zero-order valence-electron chi connectivity index (χ0n) is 30.2. The van der Waals surface area contributed by atoms with Crippen LogP contribution in [0.25, 0.3) is 60.9 Å². The van der Waals surface area contributed by atoms with Crippen LogP contribution in [0, 0.1) is 6.92 Å². The van der Waals surface area contributed by atoms with Crippen LogP contribution >= 0.6 is 11.8 Å². The van der Waals surface area contributed by atoms with Gasteiger partial charge in [-0.1, -0.05) is 145 Å². The summed E-state index contributed by atoms with van der Waals surface area (Å²) in [5, 5.41) is 9.83. The number of anilines is 2. The Kier molecular flexibility index (Phi) is 8.31. The lowest BCUT2D eigenvalue weighted by molar-refractivity contribution is 0.669. The molecule has 0 aliphatic carbocycles. The first-order valence-corrected chi connectivity index (χ1v) is 19.4. The zero-order chi connectivity index (χ0) is 36.7. The average Bonchev–Trinajstić information content (AvgIpc) is 3.60. The van der Waals surface area contributed by atoms with Crippen molar-refractivity contribution in [3.05, 3.63) is 211 Å². The minimum atomic E-state index is 0.888. The van der Waals surface area contributed by atoms with E-state index in [1.807, 2.05) is 6.07 Å². The molecule has 55 heavy (non-hydrogen) atoms. The summed E-state index contributed by atoms with van der Waals surface area (Å²) in [5.41, 5.74) is 15.5. The molecule has 1 aromatic heterocycles. The predicted octanol–water partition coefficient (Wildman–Crippen LogP) is 14.3. The highest BCUT2D eigenvalue weighted by Gasteiger charge is 2.22. The number of para-hydroxylation sites is 2. The van der Waals surface area contributed by atoms with Crippen molar-refractivity contribution < 1.29 is 4.42 Å². The third-order valence-electron chi connectivity index (χ3n) is 10.4. The highest BCUT2D eigenvalue weighted by atomic mass is 32.2. The molecule has 0 spiro atoms. The summed E-state index contributed by atoms with van der Waals surface area (Å²) in [4.78, 5) is 2.33. The number of benzene rings is 8. The van der Waals surface area contributed by atoms with E-state index in [1.54, 1.807) is 11.8 Å². The molecular weight excluding hydrogens is 689 g/mol. The van der Waals surface area contributed by atoms with Crippen LogP contribution in [0.1, 0.15) is 16.7 Å². The Hall–Kier alpha value is -6.75. The molecule has 1 aliphatic rings. The lowest BCUT2D eigenvalue weighted by Gasteiger charge is -2.20. The van der Waals surface area contributed by atoms with E-state index in [0.29, 0.717) is 0 Å². The molecular formula is C51H36N2OS. The number of fused-ring (bicyclic) bond motifs is 6. The minimum absolute atomic E-state index is 0.888. The molecule has 1 aliphatic heterocycles. The first kappa shape index (κ1) is 32.9. The quantitative estimate of drug-likeness (QED) is 0.179. The standard InChI is InChI=1S/C51H36N2OS/c1-33-29-44-41-27-25-36(30-46(41)54-47(44)32-43(33)34-15-5-2-6-16-34)39-21-11-12-22-40(39)42-28-26-37-31-49(42)55-48-24-14-13-23-45(48)53-51(52-38-19-9-4-10-20-38)50(37)35-17-7-3-8-18-35/h2-32,52-53H,1H3/b51-50-. The van der Waals surface area contributed by atoms with Crippen LogP contribution < -0.4 is 10.6 Å². The topological polar surface area (TPSA) is 37.2 Å². The second-order valence-electron chi connectivity index (χ2n) is 13.9. The lowest BCUT2D eigenvalue weighted by Crippen LogP contribution is -2.13. The smallest absolute Gasteiger partial charge is 0.136 e. The highest BCUT2D eigenvalue weighted by molar-refractivity contribution is 7.99. The van der Waals surface area contributed by atoms with Crippen molar-refractivity contribution in [2.24, 2.45) is 0 Å². The summed E-state index contributed by atoms with van der Waals surface area (Å²) >= 11 is 1.79. The molecule has 4 heteroatoms. The molecule has 8 aromatic carbocycles. The molecule has 262 valence electrons. The maximum atomic E-state index is 6.61. The van der Waals surface area contributed by atoms with Gasteiger partial charge in [-0.05, 0) is 112 Å². The van der Waals surface area contributed by atoms with Crippen LogP contribution in [-0.4, -0.2) is 0 Å². The molecule has 0 radical (unpaired) electrons. The number of rotatable bonds is 6. The van der Waals surface area contributed by atoms with Gasteiger partial charge < -0.3 is 15.1 Å². The molecule has 0 amide bonds. The molecule has 0 saturated carbocycles. The Balaban J connectivity index is 1.12. The molecule has 2 N–H and O–H groups in total. The molecule has 9 aromatic rings. The lowest BCUT2D eigenvalue weighted by atomic mass is 9.91. The Labute approximate surface area is 325 Å². The van der Waals surface area contributed by atoms with Crippen molar-refractivity contribution in [3.63, 3.8) is 0 Å². The summed E-state index contributed by atoms with van der Waals surface area (Å²) in [6, 6.07) is 66.9. The van der Waals surface area contributed by atoms with Crippen LogP contribution in [0.3, 0.4) is 0 Å². The summed E-state index contributed by atoms with van der Waals surface area (Å²) in [5.74, 6) is 0.927. The molecule has 0 saturated heterocycles. The van der Waals surface area contributed by atoms with Crippen molar-refractivity contribution in [1.82, 2.24) is 0 Å². The number of aryl methyl sites for hydroxylation is 1. The van der Waals surface area contributed by atoms with Gasteiger partial charge in [0.15, 0.2) is 0 Å². The van der Waals surface area contributed by atoms with Gasteiger partial charge in [0, 0.05) is 31.8 Å². The first-order chi connectivity index (χ1) is 27.2. The van der Waals surface area contributed by atoms with Gasteiger partial charge in [-0.2, -0.15) is 0 Å². The number of furan rings is 1. The second kappa shape index (κ2) is 13.9. The van der Waals surface area contributed by atoms with Gasteiger partial charge >= 0.3 is 0 Å². The number of hydrogen-bond donors (Lipinski definition) is 2. The molecule has 2 bridgehead atoms. The van der Waals surface area contributed by atoms with E-state index in [-0.39, 0.29) is 0 Å². The van der Waals surface area contributed by atoms with Gasteiger partial charge in [0.2, 0.25) is 0 Å². The molecule has 10 rings (SSSR count). The van der Waals surface area contributed by atoms with Crippen molar-refractivity contribution in [2.45, 2.75) is 16.7 Å². The van der Waals surface area contributed by atoms with E-state index < -0.39 is 0 Å². The van der Waals surface area contributed by atoms with Crippen LogP contribution in [0.4, 0.5) is 11.4 Å². The molecule has 0 fully saturated rings. The van der Waals surface area contributed by atoms with Gasteiger partial charge in [-0.15, -0.1) is 0 Å². The van der Waals surface area contributed by atoms with Crippen molar-refractivity contribution in [2.75, 3.05) is 10.6 Å². The van der Waals surface area contributed by atoms with Gasteiger partial charge in [0.05, 0.1) is 5.69 Å². The van der Waals surface area contributed by atoms with E-state index >= 15 is 0 Å². The SMILES string of the molecule is Cc1cc2c(cc1-c1ccccc1)oc1cc(-c3ccccc3-c3ccc4cc3Sc3ccccc3N/C(Nc3ccccc3)=C\4c3ccccc3)ccc12. The van der Waals surface area contributed by atoms with Gasteiger partial charge in [0.25, 0.3) is 0 Å². The fourth-order valence-electron chi connectivity index (χ4n) is 7.78. The normalized spacial score (nSPS) is 13.8. The largest absolute Gasteiger partial charge is 0.456 e. The summed E-state index contributed by atoms with van der Waals surface area (Å²) in [6.07, 6.45) is 0. The fraction of sp³-hybridized carbons (Fsp3) is 0.0196. The Bertz CT molecular complexity index is 2890. The molecule has 3 nitrogen and oxygen atoms in total. The van der Waals surface area contributed by atoms with Crippen LogP contribution in [-0.2, 0) is 0 Å². The van der Waals surface area contributed by atoms with E-state index in [4.69, 9.17) is 4.42 Å². The van der Waals surface area contributed by atoms with E-state index in [1.165, 1.54) is 32.7 Å². The van der Waals surface area contributed by atoms with Crippen LogP contribution in [0.5, 0.6) is 0 Å². The summed E-state index contributed by atoms with van der Waals surface area (Å²) in [7, 11) is 0. The van der Waals surface area contributed by atoms with E-state index in [2.05, 4.69) is 200 Å². The van der Waals surface area contributed by atoms with Gasteiger partial charge in [-0.25, -0.2) is 0 Å². The van der Waals surface area contributed by atoms with E-state index in [9.17, 15) is 0 Å². The highest BCUT2D eigenvalue weighted by Crippen LogP contribution is 2.46. The minimum Gasteiger partial charge on any atom is -0.456 e. The second-order valence-corrected chi connectivity index (χ2v) is 15.0.